The first-order valence-electron chi connectivity index (χ1n) is 5.67. The molecule has 0 saturated carbocycles. The zero-order valence-corrected chi connectivity index (χ0v) is 9.26. The molecule has 0 aliphatic rings. The van der Waals surface area contributed by atoms with Crippen molar-refractivity contribution >= 4 is 13.8 Å². The maximum atomic E-state index is 10.9. The molecule has 0 rings (SSSR count). The standard InChI is InChI=1S/C11H21BO2/c1-2-14-11(13)9-7-5-3-4-6-8-10-12/h2-10H2,1H3. The fraction of sp³-hybridized carbons (Fsp3) is 0.909. The summed E-state index contributed by atoms with van der Waals surface area (Å²) in [6.45, 7) is 2.33. The Morgan fingerprint density at radius 2 is 1.64 bits per heavy atom. The summed E-state index contributed by atoms with van der Waals surface area (Å²) in [5, 5.41) is 0. The van der Waals surface area contributed by atoms with Gasteiger partial charge in [0.05, 0.1) is 14.5 Å². The van der Waals surface area contributed by atoms with Crippen LogP contribution in [-0.4, -0.2) is 20.4 Å². The lowest BCUT2D eigenvalue weighted by Gasteiger charge is -2.01. The first-order chi connectivity index (χ1) is 6.81. The van der Waals surface area contributed by atoms with E-state index in [2.05, 4.69) is 0 Å². The molecule has 14 heavy (non-hydrogen) atoms. The molecule has 0 aliphatic carbocycles. The maximum absolute atomic E-state index is 10.9. The molecule has 0 aromatic carbocycles. The van der Waals surface area contributed by atoms with Gasteiger partial charge in [-0.25, -0.2) is 0 Å². The monoisotopic (exact) mass is 196 g/mol. The summed E-state index contributed by atoms with van der Waals surface area (Å²) < 4.78 is 4.83. The van der Waals surface area contributed by atoms with Crippen LogP contribution in [0.5, 0.6) is 0 Å². The number of unbranched alkanes of at least 4 members (excludes halogenated alkanes) is 5. The highest BCUT2D eigenvalue weighted by Crippen LogP contribution is 2.08. The topological polar surface area (TPSA) is 26.3 Å². The lowest BCUT2D eigenvalue weighted by molar-refractivity contribution is -0.143. The molecule has 0 N–H and O–H groups in total. The third-order valence-electron chi connectivity index (χ3n) is 2.14. The zero-order valence-electron chi connectivity index (χ0n) is 9.26. The van der Waals surface area contributed by atoms with Crippen molar-refractivity contribution in [3.63, 3.8) is 0 Å². The lowest BCUT2D eigenvalue weighted by atomic mass is 9.98. The molecule has 0 saturated heterocycles. The Kier molecular flexibility index (Phi) is 10.3. The number of hydrogen-bond donors (Lipinski definition) is 0. The van der Waals surface area contributed by atoms with E-state index in [4.69, 9.17) is 12.6 Å². The van der Waals surface area contributed by atoms with Gasteiger partial charge in [-0.1, -0.05) is 38.4 Å². The van der Waals surface area contributed by atoms with E-state index in [9.17, 15) is 4.79 Å². The maximum Gasteiger partial charge on any atom is 0.305 e. The second-order valence-electron chi connectivity index (χ2n) is 3.47. The Bertz CT molecular complexity index is 137. The van der Waals surface area contributed by atoms with Gasteiger partial charge in [-0.15, -0.1) is 0 Å². The highest BCUT2D eigenvalue weighted by atomic mass is 16.5. The Morgan fingerprint density at radius 3 is 2.21 bits per heavy atom. The predicted molar refractivity (Wildman–Crippen MR) is 59.5 cm³/mol. The smallest absolute Gasteiger partial charge is 0.305 e. The fourth-order valence-electron chi connectivity index (χ4n) is 1.35. The van der Waals surface area contributed by atoms with E-state index in [-0.39, 0.29) is 5.97 Å². The van der Waals surface area contributed by atoms with Crippen LogP contribution in [0.4, 0.5) is 0 Å². The summed E-state index contributed by atoms with van der Waals surface area (Å²) in [7, 11) is 5.38. The van der Waals surface area contributed by atoms with Crippen LogP contribution < -0.4 is 0 Å². The van der Waals surface area contributed by atoms with Crippen LogP contribution in [0.15, 0.2) is 0 Å². The van der Waals surface area contributed by atoms with Crippen molar-refractivity contribution in [2.45, 2.75) is 58.2 Å². The second-order valence-corrected chi connectivity index (χ2v) is 3.47. The van der Waals surface area contributed by atoms with E-state index in [1.807, 2.05) is 6.92 Å². The van der Waals surface area contributed by atoms with E-state index in [1.54, 1.807) is 0 Å². The van der Waals surface area contributed by atoms with Crippen LogP contribution in [0.25, 0.3) is 0 Å². The van der Waals surface area contributed by atoms with Gasteiger partial charge in [-0.3, -0.25) is 4.79 Å². The van der Waals surface area contributed by atoms with Crippen molar-refractivity contribution in [3.8, 4) is 0 Å². The van der Waals surface area contributed by atoms with Gasteiger partial charge in [0.15, 0.2) is 0 Å². The van der Waals surface area contributed by atoms with Crippen LogP contribution in [0.3, 0.4) is 0 Å². The molecule has 0 spiro atoms. The number of carbonyl (C=O) groups is 1. The molecule has 0 amide bonds. The van der Waals surface area contributed by atoms with Crippen LogP contribution in [0.1, 0.15) is 51.9 Å². The average molecular weight is 196 g/mol. The average Bonchev–Trinajstić information content (AvgIpc) is 2.17. The van der Waals surface area contributed by atoms with Crippen LogP contribution >= 0.6 is 0 Å². The highest BCUT2D eigenvalue weighted by molar-refractivity contribution is 6.08. The summed E-state index contributed by atoms with van der Waals surface area (Å²) in [4.78, 5) is 10.9. The van der Waals surface area contributed by atoms with Crippen molar-refractivity contribution in [1.82, 2.24) is 0 Å². The van der Waals surface area contributed by atoms with Crippen LogP contribution in [0.2, 0.25) is 6.32 Å². The molecule has 80 valence electrons. The van der Waals surface area contributed by atoms with Crippen molar-refractivity contribution in [3.05, 3.63) is 0 Å². The summed E-state index contributed by atoms with van der Waals surface area (Å²) in [5.74, 6) is -0.0607. The van der Waals surface area contributed by atoms with E-state index in [0.29, 0.717) is 13.0 Å². The largest absolute Gasteiger partial charge is 0.466 e. The molecule has 2 nitrogen and oxygen atoms in total. The van der Waals surface area contributed by atoms with E-state index < -0.39 is 0 Å². The minimum atomic E-state index is -0.0607. The summed E-state index contributed by atoms with van der Waals surface area (Å²) in [5.41, 5.74) is 0. The zero-order chi connectivity index (χ0) is 10.6. The van der Waals surface area contributed by atoms with Gasteiger partial charge in [0.2, 0.25) is 0 Å². The van der Waals surface area contributed by atoms with E-state index in [1.165, 1.54) is 19.3 Å². The van der Waals surface area contributed by atoms with Gasteiger partial charge < -0.3 is 4.74 Å². The Labute approximate surface area is 88.8 Å². The first kappa shape index (κ1) is 13.5. The molecule has 0 unspecified atom stereocenters. The molecule has 0 bridgehead atoms. The SMILES string of the molecule is [B]CCCCCCCCC(=O)OCC. The summed E-state index contributed by atoms with van der Waals surface area (Å²) in [6.07, 6.45) is 8.24. The van der Waals surface area contributed by atoms with Crippen LogP contribution in [-0.2, 0) is 9.53 Å². The minimum absolute atomic E-state index is 0.0607. The number of ether oxygens (including phenoxy) is 1. The molecule has 0 fully saturated rings. The second kappa shape index (κ2) is 10.6. The van der Waals surface area contributed by atoms with Gasteiger partial charge in [0.1, 0.15) is 0 Å². The van der Waals surface area contributed by atoms with Gasteiger partial charge in [-0.2, -0.15) is 0 Å². The summed E-state index contributed by atoms with van der Waals surface area (Å²) >= 11 is 0. The third kappa shape index (κ3) is 9.62. The molecule has 0 aliphatic heterocycles. The van der Waals surface area contributed by atoms with Gasteiger partial charge in [-0.05, 0) is 13.3 Å². The molecule has 0 heterocycles. The first-order valence-corrected chi connectivity index (χ1v) is 5.67. The molecular weight excluding hydrogens is 175 g/mol. The molecule has 3 heteroatoms. The predicted octanol–water partition coefficient (Wildman–Crippen LogP) is 2.87. The number of rotatable bonds is 9. The molecule has 0 aromatic rings. The van der Waals surface area contributed by atoms with Gasteiger partial charge >= 0.3 is 5.97 Å². The third-order valence-corrected chi connectivity index (χ3v) is 2.14. The normalized spacial score (nSPS) is 10.1. The summed E-state index contributed by atoms with van der Waals surface area (Å²) in [6, 6.07) is 0. The lowest BCUT2D eigenvalue weighted by Crippen LogP contribution is -2.03. The Morgan fingerprint density at radius 1 is 1.07 bits per heavy atom. The number of carbonyl (C=O) groups excluding carboxylic acids is 1. The Balaban J connectivity index is 3.01. The Hall–Kier alpha value is -0.465. The van der Waals surface area contributed by atoms with E-state index in [0.717, 1.165) is 25.6 Å². The molecule has 0 aromatic heterocycles. The fourth-order valence-corrected chi connectivity index (χ4v) is 1.35. The molecular formula is C11H21BO2. The number of esters is 1. The van der Waals surface area contributed by atoms with Gasteiger partial charge in [0.25, 0.3) is 0 Å². The molecule has 0 atom stereocenters. The van der Waals surface area contributed by atoms with Crippen molar-refractivity contribution in [1.29, 1.82) is 0 Å². The molecule has 2 radical (unpaired) electrons. The van der Waals surface area contributed by atoms with Crippen molar-refractivity contribution in [2.24, 2.45) is 0 Å². The van der Waals surface area contributed by atoms with E-state index >= 15 is 0 Å². The van der Waals surface area contributed by atoms with Crippen molar-refractivity contribution < 1.29 is 9.53 Å². The van der Waals surface area contributed by atoms with Gasteiger partial charge in [0, 0.05) is 6.42 Å². The van der Waals surface area contributed by atoms with Crippen molar-refractivity contribution in [2.75, 3.05) is 6.61 Å². The minimum Gasteiger partial charge on any atom is -0.466 e. The number of hydrogen-bond acceptors (Lipinski definition) is 2. The highest BCUT2D eigenvalue weighted by Gasteiger charge is 1.99. The van der Waals surface area contributed by atoms with Crippen LogP contribution in [0, 0.1) is 0 Å². The quantitative estimate of drug-likeness (QED) is 0.322.